The van der Waals surface area contributed by atoms with E-state index in [0.717, 1.165) is 27.6 Å². The zero-order chi connectivity index (χ0) is 22.5. The van der Waals surface area contributed by atoms with E-state index >= 15 is 0 Å². The Morgan fingerprint density at radius 2 is 2.12 bits per heavy atom. The topological polar surface area (TPSA) is 98.4 Å². The van der Waals surface area contributed by atoms with Crippen LogP contribution in [0.1, 0.15) is 59.3 Å². The van der Waals surface area contributed by atoms with E-state index in [1.165, 1.54) is 6.07 Å². The van der Waals surface area contributed by atoms with E-state index in [1.807, 2.05) is 10.8 Å². The number of hydrogen-bond acceptors (Lipinski definition) is 5. The van der Waals surface area contributed by atoms with Gasteiger partial charge in [0.05, 0.1) is 5.56 Å². The quantitative estimate of drug-likeness (QED) is 0.350. The average Bonchev–Trinajstić information content (AvgIpc) is 3.14. The fourth-order valence-electron chi connectivity index (χ4n) is 5.64. The second kappa shape index (κ2) is 6.24. The molecule has 8 heteroatoms. The van der Waals surface area contributed by atoms with Crippen LogP contribution in [0.5, 0.6) is 0 Å². The number of fused-ring (bicyclic) bond motifs is 5. The first-order chi connectivity index (χ1) is 15.3. The van der Waals surface area contributed by atoms with Gasteiger partial charge in [-0.15, -0.1) is 0 Å². The van der Waals surface area contributed by atoms with Crippen LogP contribution in [-0.4, -0.2) is 15.6 Å². The molecule has 6 rings (SSSR count). The number of ether oxygens (including phenoxy) is 1. The highest BCUT2D eigenvalue weighted by Gasteiger charge is 2.47. The number of carbonyl (C=O) groups is 1. The largest absolute Gasteiger partial charge is 0.458 e. The Morgan fingerprint density at radius 3 is 2.88 bits per heavy atom. The third-order valence-electron chi connectivity index (χ3n) is 7.47. The predicted octanol–water partition coefficient (Wildman–Crippen LogP) is 1.69. The minimum atomic E-state index is -1.87. The summed E-state index contributed by atoms with van der Waals surface area (Å²) in [5.41, 5.74) is 8.37. The fourth-order valence-corrected chi connectivity index (χ4v) is 5.64. The van der Waals surface area contributed by atoms with Gasteiger partial charge in [0.2, 0.25) is 0 Å². The van der Waals surface area contributed by atoms with Crippen molar-refractivity contribution in [2.45, 2.75) is 57.9 Å². The Morgan fingerprint density at radius 1 is 1.34 bits per heavy atom. The predicted molar refractivity (Wildman–Crippen MR) is 113 cm³/mol. The molecule has 32 heavy (non-hydrogen) atoms. The van der Waals surface area contributed by atoms with Crippen LogP contribution >= 0.6 is 0 Å². The molecule has 0 spiro atoms. The third-order valence-corrected chi connectivity index (χ3v) is 7.47. The Hall–Kier alpha value is -3.10. The lowest BCUT2D eigenvalue weighted by atomic mass is 9.83. The maximum absolute atomic E-state index is 14.7. The molecule has 0 unspecified atom stereocenters. The number of aromatic nitrogens is 2. The van der Waals surface area contributed by atoms with E-state index in [-0.39, 0.29) is 41.6 Å². The maximum atomic E-state index is 14.7. The molecule has 7 nitrogen and oxygen atoms in total. The minimum Gasteiger partial charge on any atom is -0.458 e. The van der Waals surface area contributed by atoms with Crippen molar-refractivity contribution in [2.75, 3.05) is 0 Å². The van der Waals surface area contributed by atoms with Crippen LogP contribution in [0.2, 0.25) is 0 Å². The van der Waals surface area contributed by atoms with Gasteiger partial charge in [0.15, 0.2) is 17.8 Å². The van der Waals surface area contributed by atoms with Gasteiger partial charge in [-0.2, -0.15) is 9.13 Å². The molecule has 0 fully saturated rings. The molecule has 2 aliphatic heterocycles. The number of nitrogens with two attached hydrogens (primary N) is 1. The molecule has 0 amide bonds. The highest BCUT2D eigenvalue weighted by molar-refractivity contribution is 5.91. The number of rotatable bonds is 1. The lowest BCUT2D eigenvalue weighted by molar-refractivity contribution is -0.598. The number of carbonyl (C=O) groups excluding carboxylic acids is 1. The lowest BCUT2D eigenvalue weighted by Crippen LogP contribution is -2.45. The van der Waals surface area contributed by atoms with E-state index in [9.17, 15) is 19.1 Å². The van der Waals surface area contributed by atoms with Gasteiger partial charge in [-0.25, -0.2) is 14.0 Å². The van der Waals surface area contributed by atoms with Gasteiger partial charge in [-0.05, 0) is 48.8 Å². The molecule has 3 N–H and O–H groups in total. The highest BCUT2D eigenvalue weighted by Crippen LogP contribution is 2.40. The van der Waals surface area contributed by atoms with Gasteiger partial charge < -0.3 is 15.6 Å². The van der Waals surface area contributed by atoms with E-state index in [1.54, 1.807) is 24.5 Å². The number of benzene rings is 1. The van der Waals surface area contributed by atoms with Crippen molar-refractivity contribution < 1.29 is 23.6 Å². The van der Waals surface area contributed by atoms with Crippen LogP contribution in [0.3, 0.4) is 0 Å². The van der Waals surface area contributed by atoms with E-state index < -0.39 is 11.6 Å². The van der Waals surface area contributed by atoms with Crippen molar-refractivity contribution in [3.63, 3.8) is 0 Å². The van der Waals surface area contributed by atoms with E-state index in [2.05, 4.69) is 0 Å². The molecular formula is C24H23FN3O4+. The smallest absolute Gasteiger partial charge is 0.343 e. The third kappa shape index (κ3) is 2.23. The number of cyclic esters (lactones) is 1. The number of hydrogen-bond donors (Lipinski definition) is 2. The standard InChI is InChI=1S/C24H23FN3O4/c1-3-24(31)15-7-19-27-8-12-6-16(25)11(2)13-4-5-17(26)21(20(12)13)18(27)9-28(19)22(29)14(15)10-32-23(24)30/h6-8,17,31H,3-5,9-10,26H2,1-2H3/q+1/t17-,24-/m0/s1. The van der Waals surface area contributed by atoms with Crippen LogP contribution in [0, 0.1) is 12.7 Å². The number of halogens is 1. The number of nitrogens with zero attached hydrogens (tertiary/aromatic N) is 2. The van der Waals surface area contributed by atoms with Gasteiger partial charge in [-0.1, -0.05) is 6.92 Å². The second-order valence-corrected chi connectivity index (χ2v) is 9.01. The normalized spacial score (nSPS) is 23.0. The highest BCUT2D eigenvalue weighted by atomic mass is 19.1. The Balaban J connectivity index is 1.70. The second-order valence-electron chi connectivity index (χ2n) is 9.01. The van der Waals surface area contributed by atoms with Crippen molar-refractivity contribution >= 4 is 16.7 Å². The first-order valence-electron chi connectivity index (χ1n) is 10.9. The Labute approximate surface area is 182 Å². The summed E-state index contributed by atoms with van der Waals surface area (Å²) in [6.45, 7) is 3.61. The Kier molecular flexibility index (Phi) is 3.81. The molecule has 3 aliphatic rings. The van der Waals surface area contributed by atoms with Crippen molar-refractivity contribution in [2.24, 2.45) is 5.73 Å². The summed E-state index contributed by atoms with van der Waals surface area (Å²) in [5.74, 6) is -0.486. The summed E-state index contributed by atoms with van der Waals surface area (Å²) in [4.78, 5) is 25.8. The SMILES string of the molecule is CC[C@@]1(O)C(=O)OCc2c1cc1n(c2=O)Cc2c3c4c(c(C)c(F)cc4c[n+]2-1)CC[C@@H]3N. The summed E-state index contributed by atoms with van der Waals surface area (Å²) < 4.78 is 23.3. The number of aryl methyl sites for hydroxylation is 1. The monoisotopic (exact) mass is 436 g/mol. The van der Waals surface area contributed by atoms with Gasteiger partial charge in [0.1, 0.15) is 18.6 Å². The van der Waals surface area contributed by atoms with Crippen LogP contribution < -0.4 is 15.9 Å². The molecule has 2 aromatic heterocycles. The van der Waals surface area contributed by atoms with Gasteiger partial charge in [0.25, 0.3) is 5.82 Å². The summed E-state index contributed by atoms with van der Waals surface area (Å²) in [5, 5.41) is 12.7. The molecule has 1 aliphatic carbocycles. The minimum absolute atomic E-state index is 0.0843. The summed E-state index contributed by atoms with van der Waals surface area (Å²) in [6.07, 6.45) is 3.32. The van der Waals surface area contributed by atoms with Crippen molar-refractivity contribution in [3.05, 3.63) is 68.0 Å². The summed E-state index contributed by atoms with van der Waals surface area (Å²) in [6, 6.07) is 2.98. The number of pyridine rings is 2. The van der Waals surface area contributed by atoms with Crippen molar-refractivity contribution in [1.82, 2.24) is 4.57 Å². The molecule has 2 atom stereocenters. The van der Waals surface area contributed by atoms with Gasteiger partial charge in [-0.3, -0.25) is 0 Å². The van der Waals surface area contributed by atoms with Gasteiger partial charge >= 0.3 is 11.5 Å². The fraction of sp³-hybridized carbons (Fsp3) is 0.375. The lowest BCUT2D eigenvalue weighted by Gasteiger charge is -2.30. The molecule has 0 bridgehead atoms. The summed E-state index contributed by atoms with van der Waals surface area (Å²) >= 11 is 0. The molecule has 164 valence electrons. The zero-order valence-electron chi connectivity index (χ0n) is 17.9. The van der Waals surface area contributed by atoms with Crippen LogP contribution in [0.15, 0.2) is 23.1 Å². The van der Waals surface area contributed by atoms with Crippen LogP contribution in [-0.2, 0) is 34.7 Å². The molecule has 0 saturated heterocycles. The van der Waals surface area contributed by atoms with Crippen LogP contribution in [0.25, 0.3) is 16.6 Å². The number of aliphatic hydroxyl groups is 1. The van der Waals surface area contributed by atoms with E-state index in [0.29, 0.717) is 30.8 Å². The first-order valence-corrected chi connectivity index (χ1v) is 10.9. The molecule has 3 aromatic rings. The zero-order valence-corrected chi connectivity index (χ0v) is 17.9. The van der Waals surface area contributed by atoms with Crippen molar-refractivity contribution in [3.8, 4) is 5.82 Å². The van der Waals surface area contributed by atoms with Crippen LogP contribution in [0.4, 0.5) is 4.39 Å². The molecule has 0 saturated carbocycles. The van der Waals surface area contributed by atoms with E-state index in [4.69, 9.17) is 10.5 Å². The maximum Gasteiger partial charge on any atom is 0.343 e. The Bertz CT molecular complexity index is 1440. The molecular weight excluding hydrogens is 413 g/mol. The van der Waals surface area contributed by atoms with Crippen molar-refractivity contribution in [1.29, 1.82) is 0 Å². The molecule has 4 heterocycles. The average molecular weight is 436 g/mol. The molecule has 0 radical (unpaired) electrons. The van der Waals surface area contributed by atoms with Gasteiger partial charge in [0, 0.05) is 28.6 Å². The number of esters is 1. The molecule has 1 aromatic carbocycles. The summed E-state index contributed by atoms with van der Waals surface area (Å²) in [7, 11) is 0. The first kappa shape index (κ1) is 19.6.